The lowest BCUT2D eigenvalue weighted by molar-refractivity contribution is 0.0600. The molecule has 1 saturated carbocycles. The lowest BCUT2D eigenvalue weighted by Crippen LogP contribution is -2.14. The van der Waals surface area contributed by atoms with Crippen molar-refractivity contribution >= 4 is 33.0 Å². The van der Waals surface area contributed by atoms with Crippen molar-refractivity contribution in [2.24, 2.45) is 0 Å². The maximum absolute atomic E-state index is 13.1. The first-order chi connectivity index (χ1) is 18.9. The van der Waals surface area contributed by atoms with Crippen LogP contribution in [-0.4, -0.2) is 33.6 Å². The van der Waals surface area contributed by atoms with Crippen LogP contribution in [0.3, 0.4) is 0 Å². The summed E-state index contributed by atoms with van der Waals surface area (Å²) in [5.74, 6) is 0.340. The number of aromatic nitrogens is 1. The molecule has 202 valence electrons. The van der Waals surface area contributed by atoms with Crippen molar-refractivity contribution in [2.75, 3.05) is 18.9 Å². The maximum atomic E-state index is 13.1. The number of anilines is 1. The lowest BCUT2D eigenvalue weighted by atomic mass is 9.84. The molecular weight excluding hydrogens is 532 g/mol. The lowest BCUT2D eigenvalue weighted by Gasteiger charge is -2.21. The second kappa shape index (κ2) is 11.6. The van der Waals surface area contributed by atoms with Gasteiger partial charge in [-0.1, -0.05) is 55.7 Å². The van der Waals surface area contributed by atoms with Gasteiger partial charge in [-0.2, -0.15) is 0 Å². The quantitative estimate of drug-likeness (QED) is 0.230. The summed E-state index contributed by atoms with van der Waals surface area (Å²) in [7, 11) is -1.22. The van der Waals surface area contributed by atoms with E-state index in [2.05, 4.69) is 34.0 Å². The van der Waals surface area contributed by atoms with Gasteiger partial charge in [0.2, 0.25) is 0 Å². The summed E-state index contributed by atoms with van der Waals surface area (Å²) in [6.45, 7) is 0. The Labute approximate surface area is 232 Å². The van der Waals surface area contributed by atoms with E-state index in [-0.39, 0.29) is 21.9 Å². The molecule has 0 atom stereocenters. The fourth-order valence-corrected chi connectivity index (χ4v) is 6.89. The van der Waals surface area contributed by atoms with Crippen LogP contribution < -0.4 is 9.46 Å². The van der Waals surface area contributed by atoms with Crippen LogP contribution in [0.2, 0.25) is 0 Å². The average molecular weight is 563 g/mol. The summed E-state index contributed by atoms with van der Waals surface area (Å²) in [6.07, 6.45) is 8.35. The third-order valence-electron chi connectivity index (χ3n) is 7.06. The van der Waals surface area contributed by atoms with E-state index in [1.165, 1.54) is 70.1 Å². The van der Waals surface area contributed by atoms with Crippen molar-refractivity contribution in [3.05, 3.63) is 84.1 Å². The average Bonchev–Trinajstić information content (AvgIpc) is 3.48. The predicted octanol–water partition coefficient (Wildman–Crippen LogP) is 7.12. The topological polar surface area (TPSA) is 94.6 Å². The zero-order valence-corrected chi connectivity index (χ0v) is 23.5. The van der Waals surface area contributed by atoms with Crippen LogP contribution in [0.25, 0.3) is 21.0 Å². The third kappa shape index (κ3) is 5.99. The molecule has 0 amide bonds. The molecule has 0 bridgehead atoms. The highest BCUT2D eigenvalue weighted by molar-refractivity contribution is 7.92. The molecule has 1 aromatic heterocycles. The summed E-state index contributed by atoms with van der Waals surface area (Å²) in [5, 5.41) is 0.932. The summed E-state index contributed by atoms with van der Waals surface area (Å²) < 4.78 is 38.6. The monoisotopic (exact) mass is 562 g/mol. The molecule has 0 saturated heterocycles. The third-order valence-corrected chi connectivity index (χ3v) is 9.53. The Hall–Kier alpha value is -3.69. The van der Waals surface area contributed by atoms with Gasteiger partial charge in [0, 0.05) is 11.8 Å². The van der Waals surface area contributed by atoms with Crippen LogP contribution in [0.15, 0.2) is 77.8 Å². The van der Waals surface area contributed by atoms with Crippen LogP contribution in [0.1, 0.15) is 53.9 Å². The number of thiazole rings is 1. The van der Waals surface area contributed by atoms with Gasteiger partial charge in [0.05, 0.1) is 35.2 Å². The number of benzene rings is 3. The van der Waals surface area contributed by atoms with Gasteiger partial charge in [-0.05, 0) is 60.2 Å². The minimum atomic E-state index is -3.89. The van der Waals surface area contributed by atoms with Gasteiger partial charge in [-0.3, -0.25) is 4.72 Å². The summed E-state index contributed by atoms with van der Waals surface area (Å²) in [6, 6.07) is 19.8. The smallest absolute Gasteiger partial charge is 0.337 e. The van der Waals surface area contributed by atoms with E-state index < -0.39 is 16.0 Å². The van der Waals surface area contributed by atoms with Gasteiger partial charge in [-0.15, -0.1) is 11.3 Å². The molecule has 4 aromatic rings. The highest BCUT2D eigenvalue weighted by atomic mass is 32.2. The van der Waals surface area contributed by atoms with Gasteiger partial charge in [0.1, 0.15) is 10.8 Å². The fourth-order valence-electron chi connectivity index (χ4n) is 4.90. The number of rotatable bonds is 8. The molecule has 39 heavy (non-hydrogen) atoms. The minimum Gasteiger partial charge on any atom is -0.495 e. The van der Waals surface area contributed by atoms with Crippen LogP contribution in [0, 0.1) is 0 Å². The Morgan fingerprint density at radius 2 is 1.62 bits per heavy atom. The van der Waals surface area contributed by atoms with Crippen molar-refractivity contribution in [1.29, 1.82) is 0 Å². The molecular formula is C30H30N2O5S2. The van der Waals surface area contributed by atoms with E-state index in [1.54, 1.807) is 35.6 Å². The summed E-state index contributed by atoms with van der Waals surface area (Å²) in [4.78, 5) is 17.5. The van der Waals surface area contributed by atoms with Gasteiger partial charge in [0.15, 0.2) is 0 Å². The zero-order chi connectivity index (χ0) is 27.4. The van der Waals surface area contributed by atoms with Crippen LogP contribution in [0.4, 0.5) is 5.69 Å². The molecule has 1 heterocycles. The molecule has 3 aromatic carbocycles. The Bertz CT molecular complexity index is 1560. The zero-order valence-electron chi connectivity index (χ0n) is 21.8. The number of hydrogen-bond donors (Lipinski definition) is 1. The number of ether oxygens (including phenoxy) is 2. The fraction of sp³-hybridized carbons (Fsp3) is 0.267. The number of methoxy groups -OCH3 is 2. The number of hydrogen-bond acceptors (Lipinski definition) is 7. The first-order valence-electron chi connectivity index (χ1n) is 12.8. The molecule has 0 unspecified atom stereocenters. The van der Waals surface area contributed by atoms with E-state index >= 15 is 0 Å². The normalized spacial score (nSPS) is 14.1. The van der Waals surface area contributed by atoms with Crippen molar-refractivity contribution in [1.82, 2.24) is 4.98 Å². The highest BCUT2D eigenvalue weighted by Crippen LogP contribution is 2.36. The Kier molecular flexibility index (Phi) is 7.99. The molecule has 7 nitrogen and oxygen atoms in total. The molecule has 1 fully saturated rings. The van der Waals surface area contributed by atoms with E-state index in [1.807, 2.05) is 6.20 Å². The number of nitrogens with one attached hydrogen (secondary N) is 1. The second-order valence-electron chi connectivity index (χ2n) is 9.52. The summed E-state index contributed by atoms with van der Waals surface area (Å²) in [5.41, 5.74) is 3.86. The molecule has 9 heteroatoms. The van der Waals surface area contributed by atoms with Gasteiger partial charge in [-0.25, -0.2) is 18.2 Å². The van der Waals surface area contributed by atoms with E-state index in [0.29, 0.717) is 5.92 Å². The number of carbonyl (C=O) groups is 1. The van der Waals surface area contributed by atoms with Crippen molar-refractivity contribution in [3.63, 3.8) is 0 Å². The second-order valence-corrected chi connectivity index (χ2v) is 12.2. The Morgan fingerprint density at radius 3 is 2.28 bits per heavy atom. The SMILES string of the molecule is COC(=O)c1ccc(NS(=O)(=O)c2ccc(-c3cnc(-c4ccc(C5CCCCC5)cc4)s3)cc2)c(OC)c1. The summed E-state index contributed by atoms with van der Waals surface area (Å²) >= 11 is 1.58. The molecule has 1 aliphatic rings. The first-order valence-corrected chi connectivity index (χ1v) is 15.1. The molecule has 1 N–H and O–H groups in total. The van der Waals surface area contributed by atoms with Crippen molar-refractivity contribution in [2.45, 2.75) is 42.9 Å². The molecule has 5 rings (SSSR count). The highest BCUT2D eigenvalue weighted by Gasteiger charge is 2.19. The number of esters is 1. The van der Waals surface area contributed by atoms with Gasteiger partial charge in [0.25, 0.3) is 10.0 Å². The van der Waals surface area contributed by atoms with Crippen molar-refractivity contribution in [3.8, 4) is 26.8 Å². The number of sulfonamides is 1. The first kappa shape index (κ1) is 26.9. The standard InChI is InChI=1S/C30H30N2O5S2/c1-36-27-18-24(30(33)37-2)14-17-26(27)32-39(34,35)25-15-12-22(13-16-25)28-19-31-29(38-28)23-10-8-21(9-11-23)20-6-4-3-5-7-20/h8-20,32H,3-7H2,1-2H3. The minimum absolute atomic E-state index is 0.105. The van der Waals surface area contributed by atoms with Gasteiger partial charge < -0.3 is 9.47 Å². The van der Waals surface area contributed by atoms with Gasteiger partial charge >= 0.3 is 5.97 Å². The predicted molar refractivity (Wildman–Crippen MR) is 154 cm³/mol. The molecule has 0 spiro atoms. The molecule has 0 radical (unpaired) electrons. The van der Waals surface area contributed by atoms with Crippen molar-refractivity contribution < 1.29 is 22.7 Å². The van der Waals surface area contributed by atoms with E-state index in [4.69, 9.17) is 9.47 Å². The van der Waals surface area contributed by atoms with Crippen LogP contribution >= 0.6 is 11.3 Å². The van der Waals surface area contributed by atoms with Crippen LogP contribution in [-0.2, 0) is 14.8 Å². The molecule has 1 aliphatic carbocycles. The largest absolute Gasteiger partial charge is 0.495 e. The molecule has 0 aliphatic heterocycles. The Balaban J connectivity index is 1.30. The number of carbonyl (C=O) groups excluding carboxylic acids is 1. The number of nitrogens with zero attached hydrogens (tertiary/aromatic N) is 1. The van der Waals surface area contributed by atoms with E-state index in [9.17, 15) is 13.2 Å². The van der Waals surface area contributed by atoms with Crippen LogP contribution in [0.5, 0.6) is 5.75 Å². The maximum Gasteiger partial charge on any atom is 0.337 e. The Morgan fingerprint density at radius 1 is 0.923 bits per heavy atom. The van der Waals surface area contributed by atoms with E-state index in [0.717, 1.165) is 21.0 Å².